The van der Waals surface area contributed by atoms with E-state index in [2.05, 4.69) is 5.16 Å². The molecule has 132 valence electrons. The van der Waals surface area contributed by atoms with Gasteiger partial charge < -0.3 is 14.3 Å². The predicted octanol–water partition coefficient (Wildman–Crippen LogP) is 2.27. The van der Waals surface area contributed by atoms with Crippen LogP contribution >= 0.6 is 0 Å². The highest BCUT2D eigenvalue weighted by atomic mass is 19.1. The summed E-state index contributed by atoms with van der Waals surface area (Å²) in [5.41, 5.74) is 0.593. The minimum Gasteiger partial charge on any atom is -0.361 e. The lowest BCUT2D eigenvalue weighted by molar-refractivity contribution is -0.135. The third-order valence-corrected chi connectivity index (χ3v) is 4.13. The number of aromatic nitrogens is 1. The van der Waals surface area contributed by atoms with E-state index in [9.17, 15) is 18.4 Å². The molecule has 0 radical (unpaired) electrons. The van der Waals surface area contributed by atoms with Crippen molar-refractivity contribution in [2.45, 2.75) is 19.9 Å². The van der Waals surface area contributed by atoms with E-state index in [1.165, 1.54) is 15.9 Å². The van der Waals surface area contributed by atoms with Crippen LogP contribution in [0.1, 0.15) is 17.9 Å². The van der Waals surface area contributed by atoms with Gasteiger partial charge in [-0.2, -0.15) is 0 Å². The first-order chi connectivity index (χ1) is 11.8. The number of rotatable bonds is 4. The van der Waals surface area contributed by atoms with E-state index in [0.717, 1.165) is 12.1 Å². The Morgan fingerprint density at radius 1 is 1.40 bits per heavy atom. The Balaban J connectivity index is 1.69. The van der Waals surface area contributed by atoms with E-state index in [-0.39, 0.29) is 37.0 Å². The molecular formula is C17H17F2N3O3. The molecule has 1 aromatic heterocycles. The molecule has 6 nitrogen and oxygen atoms in total. The number of anilines is 1. The zero-order valence-electron chi connectivity index (χ0n) is 13.8. The van der Waals surface area contributed by atoms with Gasteiger partial charge in [-0.05, 0) is 19.1 Å². The normalized spacial score (nSPS) is 17.2. The summed E-state index contributed by atoms with van der Waals surface area (Å²) in [5.74, 6) is -2.09. The molecule has 1 aromatic carbocycles. The molecule has 2 aromatic rings. The molecule has 0 aliphatic carbocycles. The number of hydrogen-bond acceptors (Lipinski definition) is 4. The van der Waals surface area contributed by atoms with Crippen LogP contribution in [0.4, 0.5) is 14.5 Å². The molecule has 0 N–H and O–H groups in total. The van der Waals surface area contributed by atoms with Crippen LogP contribution in [0, 0.1) is 24.5 Å². The highest BCUT2D eigenvalue weighted by Crippen LogP contribution is 2.28. The summed E-state index contributed by atoms with van der Waals surface area (Å²) in [5, 5.41) is 3.83. The molecule has 1 fully saturated rings. The lowest BCUT2D eigenvalue weighted by Gasteiger charge is -2.21. The summed E-state index contributed by atoms with van der Waals surface area (Å²) >= 11 is 0. The molecule has 0 unspecified atom stereocenters. The molecule has 1 atom stereocenters. The van der Waals surface area contributed by atoms with Crippen LogP contribution < -0.4 is 4.90 Å². The van der Waals surface area contributed by atoms with Gasteiger partial charge in [0.2, 0.25) is 11.8 Å². The van der Waals surface area contributed by atoms with E-state index in [0.29, 0.717) is 11.5 Å². The molecule has 8 heteroatoms. The van der Waals surface area contributed by atoms with Gasteiger partial charge in [-0.25, -0.2) is 8.78 Å². The van der Waals surface area contributed by atoms with Gasteiger partial charge in [0.15, 0.2) is 0 Å². The summed E-state index contributed by atoms with van der Waals surface area (Å²) in [6.45, 7) is 2.07. The largest absolute Gasteiger partial charge is 0.361 e. The minimum absolute atomic E-state index is 0.0160. The summed E-state index contributed by atoms with van der Waals surface area (Å²) in [6, 6.07) is 4.73. The predicted molar refractivity (Wildman–Crippen MR) is 84.5 cm³/mol. The average molecular weight is 349 g/mol. The van der Waals surface area contributed by atoms with Crippen LogP contribution in [0.5, 0.6) is 0 Å². The quantitative estimate of drug-likeness (QED) is 0.849. The number of nitrogens with zero attached hydrogens (tertiary/aromatic N) is 3. The van der Waals surface area contributed by atoms with Crippen molar-refractivity contribution in [3.05, 3.63) is 47.4 Å². The van der Waals surface area contributed by atoms with Gasteiger partial charge in [0.1, 0.15) is 23.1 Å². The van der Waals surface area contributed by atoms with Crippen molar-refractivity contribution >= 4 is 17.5 Å². The third kappa shape index (κ3) is 3.52. The number of aryl methyl sites for hydroxylation is 1. The Morgan fingerprint density at radius 2 is 2.16 bits per heavy atom. The Bertz CT molecular complexity index is 821. The Labute approximate surface area is 143 Å². The molecule has 1 aliphatic heterocycles. The maximum atomic E-state index is 13.9. The van der Waals surface area contributed by atoms with Gasteiger partial charge in [0, 0.05) is 32.1 Å². The lowest BCUT2D eigenvalue weighted by atomic mass is 10.1. The van der Waals surface area contributed by atoms with Gasteiger partial charge in [0.25, 0.3) is 0 Å². The molecule has 25 heavy (non-hydrogen) atoms. The van der Waals surface area contributed by atoms with E-state index < -0.39 is 17.6 Å². The maximum Gasteiger partial charge on any atom is 0.228 e. The Hall–Kier alpha value is -2.77. The second-order valence-corrected chi connectivity index (χ2v) is 6.12. The average Bonchev–Trinajstić information content (AvgIpc) is 3.12. The van der Waals surface area contributed by atoms with E-state index >= 15 is 0 Å². The van der Waals surface area contributed by atoms with Crippen molar-refractivity contribution in [3.8, 4) is 0 Å². The first-order valence-corrected chi connectivity index (χ1v) is 7.77. The number of carbonyl (C=O) groups is 2. The summed E-state index contributed by atoms with van der Waals surface area (Å²) in [6.07, 6.45) is -0.0160. The fourth-order valence-corrected chi connectivity index (χ4v) is 2.93. The molecular weight excluding hydrogens is 332 g/mol. The van der Waals surface area contributed by atoms with Gasteiger partial charge in [-0.1, -0.05) is 5.16 Å². The van der Waals surface area contributed by atoms with E-state index in [1.807, 2.05) is 0 Å². The molecule has 0 spiro atoms. The zero-order chi connectivity index (χ0) is 18.1. The van der Waals surface area contributed by atoms with Crippen molar-refractivity contribution in [1.82, 2.24) is 10.1 Å². The van der Waals surface area contributed by atoms with E-state index in [1.54, 1.807) is 20.0 Å². The molecule has 2 amide bonds. The summed E-state index contributed by atoms with van der Waals surface area (Å²) in [7, 11) is 1.61. The van der Waals surface area contributed by atoms with Gasteiger partial charge in [-0.15, -0.1) is 0 Å². The van der Waals surface area contributed by atoms with Gasteiger partial charge >= 0.3 is 0 Å². The van der Waals surface area contributed by atoms with Crippen LogP contribution in [0.15, 0.2) is 28.8 Å². The molecule has 0 saturated carbocycles. The number of benzene rings is 1. The number of carbonyl (C=O) groups excluding carboxylic acids is 2. The minimum atomic E-state index is -0.826. The van der Waals surface area contributed by atoms with Crippen LogP contribution in [-0.2, 0) is 16.1 Å². The van der Waals surface area contributed by atoms with Crippen LogP contribution in [-0.4, -0.2) is 35.5 Å². The maximum absolute atomic E-state index is 13.9. The Kier molecular flexibility index (Phi) is 4.52. The monoisotopic (exact) mass is 349 g/mol. The first kappa shape index (κ1) is 17.1. The zero-order valence-corrected chi connectivity index (χ0v) is 13.8. The fourth-order valence-electron chi connectivity index (χ4n) is 2.93. The summed E-state index contributed by atoms with van der Waals surface area (Å²) in [4.78, 5) is 27.4. The number of halogens is 2. The first-order valence-electron chi connectivity index (χ1n) is 7.77. The molecule has 1 saturated heterocycles. The van der Waals surface area contributed by atoms with E-state index in [4.69, 9.17) is 4.52 Å². The summed E-state index contributed by atoms with van der Waals surface area (Å²) < 4.78 is 31.9. The molecule has 0 bridgehead atoms. The standard InChI is InChI=1S/C17H17F2N3O3/c1-10-5-13(20-25-10)9-21(2)17(24)11-6-16(23)22(8-11)15-4-3-12(18)7-14(15)19/h3-5,7,11H,6,8-9H2,1-2H3/t11-/m1/s1. The van der Waals surface area contributed by atoms with Gasteiger partial charge in [-0.3, -0.25) is 9.59 Å². The highest BCUT2D eigenvalue weighted by Gasteiger charge is 2.37. The number of amides is 2. The lowest BCUT2D eigenvalue weighted by Crippen LogP contribution is -2.34. The Morgan fingerprint density at radius 3 is 2.80 bits per heavy atom. The molecule has 3 rings (SSSR count). The fraction of sp³-hybridized carbons (Fsp3) is 0.353. The van der Waals surface area contributed by atoms with Crippen molar-refractivity contribution in [2.24, 2.45) is 5.92 Å². The van der Waals surface area contributed by atoms with Crippen molar-refractivity contribution in [1.29, 1.82) is 0 Å². The third-order valence-electron chi connectivity index (χ3n) is 4.13. The topological polar surface area (TPSA) is 66.7 Å². The van der Waals surface area contributed by atoms with Crippen molar-refractivity contribution in [2.75, 3.05) is 18.5 Å². The molecule has 1 aliphatic rings. The van der Waals surface area contributed by atoms with Crippen LogP contribution in [0.3, 0.4) is 0 Å². The number of hydrogen-bond donors (Lipinski definition) is 0. The van der Waals surface area contributed by atoms with Crippen molar-refractivity contribution < 1.29 is 22.9 Å². The SMILES string of the molecule is Cc1cc(CN(C)C(=O)[C@@H]2CC(=O)N(c3ccc(F)cc3F)C2)no1. The highest BCUT2D eigenvalue weighted by molar-refractivity contribution is 6.00. The van der Waals surface area contributed by atoms with Gasteiger partial charge in [0.05, 0.1) is 18.2 Å². The molecule has 2 heterocycles. The van der Waals surface area contributed by atoms with Crippen LogP contribution in [0.25, 0.3) is 0 Å². The smallest absolute Gasteiger partial charge is 0.228 e. The van der Waals surface area contributed by atoms with Crippen LogP contribution in [0.2, 0.25) is 0 Å². The second kappa shape index (κ2) is 6.62. The van der Waals surface area contributed by atoms with Crippen molar-refractivity contribution in [3.63, 3.8) is 0 Å². The second-order valence-electron chi connectivity index (χ2n) is 6.12.